The van der Waals surface area contributed by atoms with Crippen LogP contribution < -0.4 is 16.6 Å². The molecule has 1 atom stereocenters. The van der Waals surface area contributed by atoms with Gasteiger partial charge in [-0.1, -0.05) is 0 Å². The Labute approximate surface area is 125 Å². The van der Waals surface area contributed by atoms with Crippen LogP contribution in [0.15, 0.2) is 18.2 Å². The maximum Gasteiger partial charge on any atom is 0.418 e. The largest absolute Gasteiger partial charge is 0.418 e. The summed E-state index contributed by atoms with van der Waals surface area (Å²) in [5.74, 6) is 5.39. The molecule has 1 unspecified atom stereocenters. The zero-order valence-electron chi connectivity index (χ0n) is 11.8. The Hall–Kier alpha value is -1.41. The molecule has 1 aromatic carbocycles. The highest BCUT2D eigenvalue weighted by atomic mass is 32.2. The molecule has 118 valence electrons. The SMILES string of the molecule is CSCCC(C)NC(=O)c1ccc(NN)c(C(F)(F)F)c1. The van der Waals surface area contributed by atoms with Crippen molar-refractivity contribution in [2.75, 3.05) is 17.4 Å². The van der Waals surface area contributed by atoms with Crippen LogP contribution in [0.1, 0.15) is 29.3 Å². The van der Waals surface area contributed by atoms with Crippen LogP contribution >= 0.6 is 11.8 Å². The van der Waals surface area contributed by atoms with Gasteiger partial charge in [-0.2, -0.15) is 24.9 Å². The van der Waals surface area contributed by atoms with Crippen molar-refractivity contribution in [3.05, 3.63) is 29.3 Å². The number of hydrazine groups is 1. The monoisotopic (exact) mass is 321 g/mol. The van der Waals surface area contributed by atoms with E-state index in [1.165, 1.54) is 6.07 Å². The maximum atomic E-state index is 12.9. The quantitative estimate of drug-likeness (QED) is 0.557. The summed E-state index contributed by atoms with van der Waals surface area (Å²) in [6, 6.07) is 3.14. The van der Waals surface area contributed by atoms with E-state index in [1.54, 1.807) is 11.8 Å². The lowest BCUT2D eigenvalue weighted by molar-refractivity contribution is -0.137. The molecule has 8 heteroatoms. The number of hydrogen-bond donors (Lipinski definition) is 3. The van der Waals surface area contributed by atoms with Crippen molar-refractivity contribution >= 4 is 23.4 Å². The van der Waals surface area contributed by atoms with Gasteiger partial charge in [0.05, 0.1) is 11.3 Å². The summed E-state index contributed by atoms with van der Waals surface area (Å²) in [7, 11) is 0. The molecule has 0 heterocycles. The van der Waals surface area contributed by atoms with Crippen molar-refractivity contribution in [1.82, 2.24) is 5.32 Å². The van der Waals surface area contributed by atoms with E-state index >= 15 is 0 Å². The second kappa shape index (κ2) is 7.56. The number of nitrogens with one attached hydrogen (secondary N) is 2. The van der Waals surface area contributed by atoms with E-state index in [0.717, 1.165) is 24.3 Å². The molecule has 0 saturated carbocycles. The minimum Gasteiger partial charge on any atom is -0.350 e. The third-order valence-electron chi connectivity index (χ3n) is 2.88. The number of thioether (sulfide) groups is 1. The predicted molar refractivity (Wildman–Crippen MR) is 79.2 cm³/mol. The van der Waals surface area contributed by atoms with Gasteiger partial charge in [-0.05, 0) is 43.6 Å². The Kier molecular flexibility index (Phi) is 6.35. The smallest absolute Gasteiger partial charge is 0.350 e. The Bertz CT molecular complexity index is 494. The number of nitrogens with two attached hydrogens (primary N) is 1. The van der Waals surface area contributed by atoms with Crippen LogP contribution in [0, 0.1) is 0 Å². The molecule has 1 rings (SSSR count). The molecule has 1 aromatic rings. The maximum absolute atomic E-state index is 12.9. The highest BCUT2D eigenvalue weighted by Gasteiger charge is 2.34. The second-order valence-corrected chi connectivity index (χ2v) is 5.54. The molecule has 0 aromatic heterocycles. The second-order valence-electron chi connectivity index (χ2n) is 4.56. The lowest BCUT2D eigenvalue weighted by Crippen LogP contribution is -2.33. The highest BCUT2D eigenvalue weighted by Crippen LogP contribution is 2.35. The summed E-state index contributed by atoms with van der Waals surface area (Å²) in [4.78, 5) is 12.0. The van der Waals surface area contributed by atoms with Crippen molar-refractivity contribution < 1.29 is 18.0 Å². The van der Waals surface area contributed by atoms with Gasteiger partial charge < -0.3 is 10.7 Å². The van der Waals surface area contributed by atoms with Crippen LogP contribution in [0.4, 0.5) is 18.9 Å². The first-order chi connectivity index (χ1) is 9.79. The number of hydrogen-bond acceptors (Lipinski definition) is 4. The molecule has 0 bridgehead atoms. The fourth-order valence-electron chi connectivity index (χ4n) is 1.72. The fraction of sp³-hybridized carbons (Fsp3) is 0.462. The normalized spacial score (nSPS) is 12.9. The van der Waals surface area contributed by atoms with Crippen LogP contribution in [-0.4, -0.2) is 24.0 Å². The van der Waals surface area contributed by atoms with Gasteiger partial charge in [0, 0.05) is 11.6 Å². The molecule has 0 spiro atoms. The third-order valence-corrected chi connectivity index (χ3v) is 3.52. The van der Waals surface area contributed by atoms with Crippen LogP contribution in [-0.2, 0) is 6.18 Å². The molecule has 4 N–H and O–H groups in total. The molecule has 0 radical (unpaired) electrons. The number of carbonyl (C=O) groups excluding carboxylic acids is 1. The van der Waals surface area contributed by atoms with Gasteiger partial charge in [-0.25, -0.2) is 0 Å². The molecule has 0 aliphatic rings. The van der Waals surface area contributed by atoms with Crippen molar-refractivity contribution in [3.63, 3.8) is 0 Å². The minimum absolute atomic E-state index is 0.0441. The standard InChI is InChI=1S/C13H18F3N3OS/c1-8(5-6-21-2)18-12(20)9-3-4-11(19-17)10(7-9)13(14,15)16/h3-4,7-8,19H,5-6,17H2,1-2H3,(H,18,20). The number of anilines is 1. The first-order valence-corrected chi connectivity index (χ1v) is 7.66. The molecule has 0 aliphatic carbocycles. The van der Waals surface area contributed by atoms with Gasteiger partial charge in [-0.15, -0.1) is 0 Å². The summed E-state index contributed by atoms with van der Waals surface area (Å²) in [5, 5.41) is 2.68. The zero-order chi connectivity index (χ0) is 16.0. The van der Waals surface area contributed by atoms with Crippen molar-refractivity contribution in [3.8, 4) is 0 Å². The molecular weight excluding hydrogens is 303 g/mol. The first kappa shape index (κ1) is 17.6. The summed E-state index contributed by atoms with van der Waals surface area (Å²) in [5.41, 5.74) is 0.706. The average Bonchev–Trinajstić information content (AvgIpc) is 2.43. The number of halogens is 3. The Morgan fingerprint density at radius 1 is 1.43 bits per heavy atom. The summed E-state index contributed by atoms with van der Waals surface area (Å²) >= 11 is 1.64. The third kappa shape index (κ3) is 5.13. The molecule has 4 nitrogen and oxygen atoms in total. The van der Waals surface area contributed by atoms with Crippen molar-refractivity contribution in [2.45, 2.75) is 25.6 Å². The predicted octanol–water partition coefficient (Wildman–Crippen LogP) is 2.86. The summed E-state index contributed by atoms with van der Waals surface area (Å²) < 4.78 is 38.6. The van der Waals surface area contributed by atoms with Gasteiger partial charge >= 0.3 is 6.18 Å². The minimum atomic E-state index is -4.58. The number of benzene rings is 1. The van der Waals surface area contributed by atoms with Gasteiger partial charge in [-0.3, -0.25) is 10.6 Å². The molecule has 0 fully saturated rings. The summed E-state index contributed by atoms with van der Waals surface area (Å²) in [6.45, 7) is 1.81. The zero-order valence-corrected chi connectivity index (χ0v) is 12.6. The number of carbonyl (C=O) groups is 1. The number of amides is 1. The number of nitrogen functional groups attached to an aromatic ring is 1. The van der Waals surface area contributed by atoms with Crippen LogP contribution in [0.2, 0.25) is 0 Å². The molecule has 0 saturated heterocycles. The van der Waals surface area contributed by atoms with Gasteiger partial charge in [0.15, 0.2) is 0 Å². The van der Waals surface area contributed by atoms with Crippen LogP contribution in [0.3, 0.4) is 0 Å². The van der Waals surface area contributed by atoms with E-state index in [9.17, 15) is 18.0 Å². The number of alkyl halides is 3. The highest BCUT2D eigenvalue weighted by molar-refractivity contribution is 7.98. The van der Waals surface area contributed by atoms with E-state index in [0.29, 0.717) is 0 Å². The average molecular weight is 321 g/mol. The fourth-order valence-corrected chi connectivity index (χ4v) is 2.31. The Balaban J connectivity index is 2.91. The van der Waals surface area contributed by atoms with Crippen LogP contribution in [0.25, 0.3) is 0 Å². The summed E-state index contributed by atoms with van der Waals surface area (Å²) in [6.07, 6.45) is -1.88. The Morgan fingerprint density at radius 2 is 2.10 bits per heavy atom. The molecule has 0 aliphatic heterocycles. The van der Waals surface area contributed by atoms with Gasteiger partial charge in [0.1, 0.15) is 0 Å². The van der Waals surface area contributed by atoms with E-state index in [2.05, 4.69) is 5.32 Å². The lowest BCUT2D eigenvalue weighted by Gasteiger charge is -2.16. The van der Waals surface area contributed by atoms with E-state index in [4.69, 9.17) is 5.84 Å². The van der Waals surface area contributed by atoms with Gasteiger partial charge in [0.2, 0.25) is 0 Å². The molecular formula is C13H18F3N3OS. The van der Waals surface area contributed by atoms with Crippen molar-refractivity contribution in [1.29, 1.82) is 0 Å². The van der Waals surface area contributed by atoms with Gasteiger partial charge in [0.25, 0.3) is 5.91 Å². The van der Waals surface area contributed by atoms with Crippen molar-refractivity contribution in [2.24, 2.45) is 5.84 Å². The van der Waals surface area contributed by atoms with Crippen LogP contribution in [0.5, 0.6) is 0 Å². The van der Waals surface area contributed by atoms with E-state index in [1.807, 2.05) is 18.6 Å². The van der Waals surface area contributed by atoms with E-state index < -0.39 is 17.6 Å². The number of rotatable bonds is 6. The Morgan fingerprint density at radius 3 is 2.62 bits per heavy atom. The lowest BCUT2D eigenvalue weighted by atomic mass is 10.1. The topological polar surface area (TPSA) is 67.2 Å². The molecule has 21 heavy (non-hydrogen) atoms. The molecule has 1 amide bonds. The van der Waals surface area contributed by atoms with E-state index in [-0.39, 0.29) is 17.3 Å². The first-order valence-electron chi connectivity index (χ1n) is 6.27.